The molecule has 0 bridgehead atoms. The van der Waals surface area contributed by atoms with E-state index in [1.54, 1.807) is 11.8 Å². The van der Waals surface area contributed by atoms with Gasteiger partial charge in [0.1, 0.15) is 0 Å². The standard InChI is InChI=1S/C10H16N4O2/c1-7-3-5-14(6-4-7)10(15)11-9-13-12-8(2)16-9/h7H,3-6H2,1-2H3,(H,11,13,15). The second-order valence-corrected chi connectivity index (χ2v) is 4.23. The van der Waals surface area contributed by atoms with Crippen molar-refractivity contribution in [3.63, 3.8) is 0 Å². The van der Waals surface area contributed by atoms with Gasteiger partial charge in [0, 0.05) is 20.0 Å². The zero-order valence-corrected chi connectivity index (χ0v) is 9.56. The molecule has 88 valence electrons. The Morgan fingerprint density at radius 3 is 2.69 bits per heavy atom. The minimum absolute atomic E-state index is 0.157. The van der Waals surface area contributed by atoms with Gasteiger partial charge in [0.15, 0.2) is 0 Å². The number of rotatable bonds is 1. The number of carbonyl (C=O) groups excluding carboxylic acids is 1. The van der Waals surface area contributed by atoms with E-state index in [0.717, 1.165) is 25.9 Å². The summed E-state index contributed by atoms with van der Waals surface area (Å²) in [4.78, 5) is 13.5. The highest BCUT2D eigenvalue weighted by atomic mass is 16.4. The van der Waals surface area contributed by atoms with Crippen molar-refractivity contribution in [2.45, 2.75) is 26.7 Å². The monoisotopic (exact) mass is 224 g/mol. The lowest BCUT2D eigenvalue weighted by molar-refractivity contribution is 0.186. The number of hydrogen-bond acceptors (Lipinski definition) is 4. The molecule has 0 aliphatic carbocycles. The Hall–Kier alpha value is -1.59. The Morgan fingerprint density at radius 1 is 1.44 bits per heavy atom. The Morgan fingerprint density at radius 2 is 2.12 bits per heavy atom. The number of amides is 2. The molecule has 0 unspecified atom stereocenters. The summed E-state index contributed by atoms with van der Waals surface area (Å²) in [6.45, 7) is 5.47. The second kappa shape index (κ2) is 4.51. The predicted octanol–water partition coefficient (Wildman–Crippen LogP) is 1.64. The van der Waals surface area contributed by atoms with Crippen LogP contribution in [0.15, 0.2) is 4.42 Å². The number of nitrogens with zero attached hydrogens (tertiary/aromatic N) is 3. The van der Waals surface area contributed by atoms with Crippen molar-refractivity contribution in [2.24, 2.45) is 5.92 Å². The average Bonchev–Trinajstić information content (AvgIpc) is 2.65. The number of hydrogen-bond donors (Lipinski definition) is 1. The first kappa shape index (κ1) is 10.9. The fraction of sp³-hybridized carbons (Fsp3) is 0.700. The van der Waals surface area contributed by atoms with E-state index in [-0.39, 0.29) is 12.0 Å². The van der Waals surface area contributed by atoms with Crippen LogP contribution in [0.2, 0.25) is 0 Å². The fourth-order valence-electron chi connectivity index (χ4n) is 1.73. The van der Waals surface area contributed by atoms with Crippen LogP contribution < -0.4 is 5.32 Å². The average molecular weight is 224 g/mol. The lowest BCUT2D eigenvalue weighted by Crippen LogP contribution is -2.40. The highest BCUT2D eigenvalue weighted by Crippen LogP contribution is 2.16. The first-order valence-corrected chi connectivity index (χ1v) is 5.51. The summed E-state index contributed by atoms with van der Waals surface area (Å²) in [5, 5.41) is 9.96. The summed E-state index contributed by atoms with van der Waals surface area (Å²) in [7, 11) is 0. The summed E-state index contributed by atoms with van der Waals surface area (Å²) >= 11 is 0. The Bertz CT molecular complexity index is 369. The second-order valence-electron chi connectivity index (χ2n) is 4.23. The summed E-state index contributed by atoms with van der Waals surface area (Å²) in [6, 6.07) is 0.0108. The van der Waals surface area contributed by atoms with Crippen LogP contribution in [-0.4, -0.2) is 34.2 Å². The van der Waals surface area contributed by atoms with Crippen molar-refractivity contribution >= 4 is 12.0 Å². The van der Waals surface area contributed by atoms with Crippen LogP contribution in [0.4, 0.5) is 10.8 Å². The molecule has 6 heteroatoms. The maximum absolute atomic E-state index is 11.8. The third-order valence-corrected chi connectivity index (χ3v) is 2.81. The van der Waals surface area contributed by atoms with E-state index in [0.29, 0.717) is 11.8 Å². The van der Waals surface area contributed by atoms with E-state index in [9.17, 15) is 4.79 Å². The van der Waals surface area contributed by atoms with E-state index in [4.69, 9.17) is 4.42 Å². The van der Waals surface area contributed by atoms with Crippen LogP contribution in [-0.2, 0) is 0 Å². The molecule has 2 amide bonds. The van der Waals surface area contributed by atoms with Gasteiger partial charge < -0.3 is 9.32 Å². The van der Waals surface area contributed by atoms with Gasteiger partial charge in [-0.3, -0.25) is 5.32 Å². The topological polar surface area (TPSA) is 71.3 Å². The van der Waals surface area contributed by atoms with E-state index in [1.807, 2.05) is 0 Å². The van der Waals surface area contributed by atoms with Gasteiger partial charge in [-0.1, -0.05) is 12.0 Å². The van der Waals surface area contributed by atoms with Crippen molar-refractivity contribution in [1.29, 1.82) is 0 Å². The molecule has 1 N–H and O–H groups in total. The molecule has 1 saturated heterocycles. The molecule has 0 aromatic carbocycles. The number of nitrogens with one attached hydrogen (secondary N) is 1. The number of likely N-dealkylation sites (tertiary alicyclic amines) is 1. The summed E-state index contributed by atoms with van der Waals surface area (Å²) in [6.07, 6.45) is 2.10. The maximum atomic E-state index is 11.8. The van der Waals surface area contributed by atoms with E-state index in [1.165, 1.54) is 0 Å². The molecule has 1 aromatic heterocycles. The molecule has 1 fully saturated rings. The Kier molecular flexibility index (Phi) is 3.07. The molecule has 6 nitrogen and oxygen atoms in total. The first-order chi connectivity index (χ1) is 7.65. The van der Waals surface area contributed by atoms with Gasteiger partial charge in [0.25, 0.3) is 0 Å². The molecule has 1 aliphatic heterocycles. The lowest BCUT2D eigenvalue weighted by atomic mass is 10.00. The quantitative estimate of drug-likeness (QED) is 0.787. The van der Waals surface area contributed by atoms with Crippen LogP contribution >= 0.6 is 0 Å². The first-order valence-electron chi connectivity index (χ1n) is 5.51. The van der Waals surface area contributed by atoms with Gasteiger partial charge in [-0.2, -0.15) is 0 Å². The van der Waals surface area contributed by atoms with E-state index in [2.05, 4.69) is 22.4 Å². The van der Waals surface area contributed by atoms with E-state index >= 15 is 0 Å². The number of carbonyl (C=O) groups is 1. The number of aromatic nitrogens is 2. The predicted molar refractivity (Wildman–Crippen MR) is 58.0 cm³/mol. The van der Waals surface area contributed by atoms with Crippen molar-refractivity contribution in [3.05, 3.63) is 5.89 Å². The Balaban J connectivity index is 1.88. The minimum atomic E-state index is -0.157. The molecule has 1 aromatic rings. The van der Waals surface area contributed by atoms with Crippen LogP contribution in [0, 0.1) is 12.8 Å². The van der Waals surface area contributed by atoms with Crippen molar-refractivity contribution in [1.82, 2.24) is 15.1 Å². The third-order valence-electron chi connectivity index (χ3n) is 2.81. The number of aryl methyl sites for hydroxylation is 1. The van der Waals surface area contributed by atoms with Crippen LogP contribution in [0.1, 0.15) is 25.7 Å². The highest BCUT2D eigenvalue weighted by Gasteiger charge is 2.21. The Labute approximate surface area is 94.0 Å². The summed E-state index contributed by atoms with van der Waals surface area (Å²) in [5.74, 6) is 1.15. The molecular weight excluding hydrogens is 208 g/mol. The van der Waals surface area contributed by atoms with Gasteiger partial charge in [0.2, 0.25) is 5.89 Å². The van der Waals surface area contributed by atoms with Gasteiger partial charge in [-0.15, -0.1) is 5.10 Å². The molecular formula is C10H16N4O2. The molecule has 1 aliphatic rings. The number of piperidine rings is 1. The van der Waals surface area contributed by atoms with Crippen molar-refractivity contribution in [3.8, 4) is 0 Å². The zero-order valence-electron chi connectivity index (χ0n) is 9.56. The summed E-state index contributed by atoms with van der Waals surface area (Å²) < 4.78 is 5.09. The number of urea groups is 1. The molecule has 0 spiro atoms. The zero-order chi connectivity index (χ0) is 11.5. The highest BCUT2D eigenvalue weighted by molar-refractivity contribution is 5.87. The molecule has 0 atom stereocenters. The van der Waals surface area contributed by atoms with Gasteiger partial charge in [0.05, 0.1) is 0 Å². The third kappa shape index (κ3) is 2.50. The van der Waals surface area contributed by atoms with Crippen molar-refractivity contribution < 1.29 is 9.21 Å². The molecule has 0 saturated carbocycles. The van der Waals surface area contributed by atoms with E-state index < -0.39 is 0 Å². The molecule has 0 radical (unpaired) electrons. The van der Waals surface area contributed by atoms with Gasteiger partial charge in [-0.05, 0) is 18.8 Å². The van der Waals surface area contributed by atoms with Crippen molar-refractivity contribution in [2.75, 3.05) is 18.4 Å². The van der Waals surface area contributed by atoms with Crippen LogP contribution in [0.25, 0.3) is 0 Å². The number of anilines is 1. The fourth-order valence-corrected chi connectivity index (χ4v) is 1.73. The van der Waals surface area contributed by atoms with Gasteiger partial charge >= 0.3 is 12.0 Å². The SMILES string of the molecule is Cc1nnc(NC(=O)N2CCC(C)CC2)o1. The molecule has 2 heterocycles. The van der Waals surface area contributed by atoms with Crippen LogP contribution in [0.3, 0.4) is 0 Å². The summed E-state index contributed by atoms with van der Waals surface area (Å²) in [5.41, 5.74) is 0. The largest absolute Gasteiger partial charge is 0.408 e. The maximum Gasteiger partial charge on any atom is 0.325 e. The normalized spacial score (nSPS) is 17.5. The van der Waals surface area contributed by atoms with Gasteiger partial charge in [-0.25, -0.2) is 4.79 Å². The molecule has 2 rings (SSSR count). The lowest BCUT2D eigenvalue weighted by Gasteiger charge is -2.29. The minimum Gasteiger partial charge on any atom is -0.408 e. The molecule has 16 heavy (non-hydrogen) atoms. The smallest absolute Gasteiger partial charge is 0.325 e. The van der Waals surface area contributed by atoms with Crippen LogP contribution in [0.5, 0.6) is 0 Å².